The van der Waals surface area contributed by atoms with Gasteiger partial charge in [0.25, 0.3) is 0 Å². The fraction of sp³-hybridized carbons (Fsp3) is 0.633. The van der Waals surface area contributed by atoms with Gasteiger partial charge >= 0.3 is 21.3 Å². The molecule has 1 saturated heterocycles. The summed E-state index contributed by atoms with van der Waals surface area (Å²) in [4.78, 5) is 13.4. The molecule has 2 aromatic carbocycles. The molecule has 0 spiro atoms. The van der Waals surface area contributed by atoms with Crippen molar-refractivity contribution < 1.29 is 39.5 Å². The van der Waals surface area contributed by atoms with Crippen LogP contribution in [0.1, 0.15) is 48.9 Å². The predicted molar refractivity (Wildman–Crippen MR) is 149 cm³/mol. The first-order valence-electron chi connectivity index (χ1n) is 14.5. The second-order valence-corrected chi connectivity index (χ2v) is 18.0. The van der Waals surface area contributed by atoms with Gasteiger partial charge in [-0.3, -0.25) is 4.79 Å². The average molecular weight is 615 g/mol. The summed E-state index contributed by atoms with van der Waals surface area (Å²) in [5.74, 6) is -8.24. The molecule has 5 aliphatic rings. The highest BCUT2D eigenvalue weighted by Gasteiger charge is 2.76. The zero-order valence-electron chi connectivity index (χ0n) is 22.4. The van der Waals surface area contributed by atoms with Gasteiger partial charge in [-0.25, -0.2) is 3.63 Å². The van der Waals surface area contributed by atoms with Gasteiger partial charge < -0.3 is 5.11 Å². The molecule has 8 unspecified atom stereocenters. The molecule has 0 amide bonds. The quantitative estimate of drug-likeness (QED) is 0.212. The van der Waals surface area contributed by atoms with Gasteiger partial charge in [-0.05, 0) is 84.8 Å². The second kappa shape index (κ2) is 9.40. The molecule has 1 N–H and O–H groups in total. The molecule has 41 heavy (non-hydrogen) atoms. The Labute approximate surface area is 238 Å². The first-order valence-corrected chi connectivity index (χ1v) is 18.0. The summed E-state index contributed by atoms with van der Waals surface area (Å²) in [5, 5.41) is 6.40. The van der Waals surface area contributed by atoms with Crippen molar-refractivity contribution in [1.29, 1.82) is 0 Å². The van der Waals surface area contributed by atoms with Crippen molar-refractivity contribution in [1.82, 2.24) is 0 Å². The standard InChI is InChI=1S/C30H34F4O5S2/c31-29(32,24-14-18-12-22(24)28-23-13-19(27(18)28)15-25(23)35)30(33,34)41(37,38)39-40(10-3-4-11-40)16-26(36)21-9-5-7-17-6-1-2-8-20(17)21/h1-2,5-9,18-19,22-25,27-28,35H,3-4,10-16H2. The van der Waals surface area contributed by atoms with Crippen LogP contribution in [-0.2, 0) is 13.7 Å². The van der Waals surface area contributed by atoms with Crippen LogP contribution in [0, 0.1) is 41.4 Å². The number of Topliss-reactive ketones (excluding diaryl/α,β-unsaturated/α-hetero) is 1. The number of halogens is 4. The Morgan fingerprint density at radius 3 is 2.32 bits per heavy atom. The fourth-order valence-electron chi connectivity index (χ4n) is 9.45. The number of ketones is 1. The number of fused-ring (bicyclic) bond motifs is 10. The Morgan fingerprint density at radius 1 is 0.902 bits per heavy atom. The monoisotopic (exact) mass is 614 g/mol. The molecule has 4 bridgehead atoms. The molecule has 4 aliphatic carbocycles. The summed E-state index contributed by atoms with van der Waals surface area (Å²) in [6.45, 7) is 0. The Hall–Kier alpha value is -1.69. The number of alkyl halides is 4. The molecular weight excluding hydrogens is 580 g/mol. The number of carbonyl (C=O) groups excluding carboxylic acids is 1. The number of aliphatic hydroxyl groups excluding tert-OH is 1. The number of hydrogen-bond donors (Lipinski definition) is 1. The first kappa shape index (κ1) is 28.1. The lowest BCUT2D eigenvalue weighted by Crippen LogP contribution is -2.55. The zero-order chi connectivity index (χ0) is 28.9. The van der Waals surface area contributed by atoms with Crippen molar-refractivity contribution in [3.05, 3.63) is 48.0 Å². The molecular formula is C30H34F4O5S2. The average Bonchev–Trinajstić information content (AvgIpc) is 3.74. The van der Waals surface area contributed by atoms with Crippen LogP contribution >= 0.6 is 10.3 Å². The van der Waals surface area contributed by atoms with Gasteiger partial charge in [0, 0.05) is 23.0 Å². The minimum Gasteiger partial charge on any atom is -0.393 e. The van der Waals surface area contributed by atoms with Gasteiger partial charge in [-0.15, -0.1) is 10.3 Å². The summed E-state index contributed by atoms with van der Waals surface area (Å²) >= 11 is 0. The van der Waals surface area contributed by atoms with Crippen molar-refractivity contribution >= 4 is 37.0 Å². The minimum absolute atomic E-state index is 0.0865. The van der Waals surface area contributed by atoms with E-state index in [-0.39, 0.29) is 47.5 Å². The van der Waals surface area contributed by atoms with E-state index in [2.05, 4.69) is 0 Å². The SMILES string of the molecule is O=C(CS1(OS(=O)(=O)C(F)(F)C(F)(F)C2CC3CC2C2C4CC(CC4O)C32)CCCC1)c1cccc2ccccc12. The Kier molecular flexibility index (Phi) is 6.44. The Morgan fingerprint density at radius 2 is 1.56 bits per heavy atom. The van der Waals surface area contributed by atoms with Crippen molar-refractivity contribution in [2.45, 2.75) is 55.8 Å². The number of rotatable bonds is 8. The fourth-order valence-corrected chi connectivity index (χ4v) is 15.1. The lowest BCUT2D eigenvalue weighted by atomic mass is 9.65. The van der Waals surface area contributed by atoms with Crippen LogP contribution in [0.4, 0.5) is 17.6 Å². The van der Waals surface area contributed by atoms with Crippen LogP contribution < -0.4 is 0 Å². The normalized spacial score (nSPS) is 36.6. The molecule has 1 aliphatic heterocycles. The van der Waals surface area contributed by atoms with Gasteiger partial charge in [-0.2, -0.15) is 26.0 Å². The van der Waals surface area contributed by atoms with E-state index in [1.165, 1.54) is 0 Å². The lowest BCUT2D eigenvalue weighted by molar-refractivity contribution is -0.210. The summed E-state index contributed by atoms with van der Waals surface area (Å²) < 4.78 is 94.6. The van der Waals surface area contributed by atoms with E-state index in [1.54, 1.807) is 24.3 Å². The number of aliphatic hydroxyl groups is 1. The molecule has 0 aromatic heterocycles. The molecule has 1 heterocycles. The van der Waals surface area contributed by atoms with E-state index in [4.69, 9.17) is 3.63 Å². The second-order valence-electron chi connectivity index (χ2n) is 13.0. The molecule has 4 saturated carbocycles. The van der Waals surface area contributed by atoms with Crippen LogP contribution in [0.2, 0.25) is 0 Å². The maximum Gasteiger partial charge on any atom is 0.432 e. The maximum atomic E-state index is 15.8. The van der Waals surface area contributed by atoms with E-state index < -0.39 is 61.1 Å². The molecule has 7 rings (SSSR count). The largest absolute Gasteiger partial charge is 0.432 e. The molecule has 2 aromatic rings. The third kappa shape index (κ3) is 4.08. The highest BCUT2D eigenvalue weighted by atomic mass is 32.3. The highest BCUT2D eigenvalue weighted by Crippen LogP contribution is 2.72. The van der Waals surface area contributed by atoms with Crippen molar-refractivity contribution in [2.75, 3.05) is 17.3 Å². The Balaban J connectivity index is 1.14. The van der Waals surface area contributed by atoms with Crippen LogP contribution in [0.15, 0.2) is 42.5 Å². The van der Waals surface area contributed by atoms with Gasteiger partial charge in [0.05, 0.1) is 11.9 Å². The van der Waals surface area contributed by atoms with Crippen molar-refractivity contribution in [3.8, 4) is 0 Å². The molecule has 0 radical (unpaired) electrons. The van der Waals surface area contributed by atoms with Gasteiger partial charge in [-0.1, -0.05) is 42.5 Å². The van der Waals surface area contributed by atoms with E-state index in [0.717, 1.165) is 11.8 Å². The number of hydrogen-bond acceptors (Lipinski definition) is 5. The van der Waals surface area contributed by atoms with E-state index in [1.807, 2.05) is 18.2 Å². The van der Waals surface area contributed by atoms with Crippen LogP contribution in [0.25, 0.3) is 10.8 Å². The molecule has 224 valence electrons. The van der Waals surface area contributed by atoms with Crippen LogP contribution in [0.3, 0.4) is 0 Å². The van der Waals surface area contributed by atoms with Crippen LogP contribution in [0.5, 0.6) is 0 Å². The molecule has 8 atom stereocenters. The zero-order valence-corrected chi connectivity index (χ0v) is 24.1. The first-order chi connectivity index (χ1) is 19.4. The van der Waals surface area contributed by atoms with E-state index in [0.29, 0.717) is 36.6 Å². The predicted octanol–water partition coefficient (Wildman–Crippen LogP) is 6.40. The summed E-state index contributed by atoms with van der Waals surface area (Å²) in [7, 11) is -9.00. The smallest absolute Gasteiger partial charge is 0.393 e. The van der Waals surface area contributed by atoms with Gasteiger partial charge in [0.2, 0.25) is 0 Å². The molecule has 5 nitrogen and oxygen atoms in total. The summed E-state index contributed by atoms with van der Waals surface area (Å²) in [6, 6.07) is 12.3. The summed E-state index contributed by atoms with van der Waals surface area (Å²) in [6.07, 6.45) is 1.94. The molecule has 11 heteroatoms. The number of benzene rings is 2. The highest BCUT2D eigenvalue weighted by molar-refractivity contribution is 8.33. The van der Waals surface area contributed by atoms with Gasteiger partial charge in [0.15, 0.2) is 5.78 Å². The summed E-state index contributed by atoms with van der Waals surface area (Å²) in [5.41, 5.74) is 0.324. The third-order valence-corrected chi connectivity index (χ3v) is 16.6. The number of carbonyl (C=O) groups is 1. The van der Waals surface area contributed by atoms with Crippen molar-refractivity contribution in [2.24, 2.45) is 41.4 Å². The minimum atomic E-state index is -6.07. The van der Waals surface area contributed by atoms with E-state index in [9.17, 15) is 18.3 Å². The van der Waals surface area contributed by atoms with Crippen molar-refractivity contribution in [3.63, 3.8) is 0 Å². The Bertz CT molecular complexity index is 1490. The maximum absolute atomic E-state index is 15.8. The molecule has 5 fully saturated rings. The topological polar surface area (TPSA) is 80.7 Å². The third-order valence-electron chi connectivity index (χ3n) is 11.0. The van der Waals surface area contributed by atoms with Gasteiger partial charge in [0.1, 0.15) is 0 Å². The van der Waals surface area contributed by atoms with Crippen LogP contribution in [-0.4, -0.2) is 53.8 Å². The van der Waals surface area contributed by atoms with E-state index >= 15 is 17.6 Å². The lowest BCUT2D eigenvalue weighted by Gasteiger charge is -2.44.